The molecule has 3 rings (SSSR count). The predicted molar refractivity (Wildman–Crippen MR) is 121 cm³/mol. The van der Waals surface area contributed by atoms with Crippen LogP contribution >= 0.6 is 0 Å². The summed E-state index contributed by atoms with van der Waals surface area (Å²) < 4.78 is 16.5. The monoisotopic (exact) mass is 451 g/mol. The Balaban J connectivity index is 1.63. The Labute approximate surface area is 193 Å². The third-order valence-corrected chi connectivity index (χ3v) is 4.55. The Kier molecular flexibility index (Phi) is 8.18. The number of nitrogens with one attached hydrogen (secondary N) is 1. The van der Waals surface area contributed by atoms with Crippen LogP contribution in [0.25, 0.3) is 0 Å². The van der Waals surface area contributed by atoms with E-state index < -0.39 is 17.7 Å². The van der Waals surface area contributed by atoms with Gasteiger partial charge in [-0.2, -0.15) is 0 Å². The smallest absolute Gasteiger partial charge is 0.408 e. The summed E-state index contributed by atoms with van der Waals surface area (Å²) in [6.07, 6.45) is 0.114. The first-order chi connectivity index (χ1) is 15.8. The van der Waals surface area contributed by atoms with Crippen LogP contribution in [0.4, 0.5) is 4.79 Å². The Morgan fingerprint density at radius 2 is 1.61 bits per heavy atom. The third kappa shape index (κ3) is 8.40. The molecule has 0 saturated carbocycles. The van der Waals surface area contributed by atoms with Gasteiger partial charge in [0.2, 0.25) is 11.8 Å². The highest BCUT2D eigenvalue weighted by atomic mass is 16.6. The van der Waals surface area contributed by atoms with Crippen LogP contribution in [-0.2, 0) is 27.3 Å². The van der Waals surface area contributed by atoms with Crippen LogP contribution in [0.5, 0.6) is 0 Å². The van der Waals surface area contributed by atoms with Gasteiger partial charge in [-0.05, 0) is 38.3 Å². The molecule has 0 aliphatic rings. The SMILES string of the molecule is CC(C)(C)OC(=O)N[C@@H](CCC(=O)OCc1ccccc1)c1nnc(Cc2ccccc2)o1. The largest absolute Gasteiger partial charge is 0.461 e. The van der Waals surface area contributed by atoms with Crippen LogP contribution in [0.1, 0.15) is 62.6 Å². The highest BCUT2D eigenvalue weighted by Gasteiger charge is 2.25. The highest BCUT2D eigenvalue weighted by molar-refractivity contribution is 5.70. The minimum absolute atomic E-state index is 0.0592. The van der Waals surface area contributed by atoms with Crippen molar-refractivity contribution < 1.29 is 23.5 Å². The van der Waals surface area contributed by atoms with Crippen LogP contribution in [0.2, 0.25) is 0 Å². The molecule has 0 saturated heterocycles. The molecule has 174 valence electrons. The number of nitrogens with zero attached hydrogens (tertiary/aromatic N) is 2. The topological polar surface area (TPSA) is 104 Å². The summed E-state index contributed by atoms with van der Waals surface area (Å²) >= 11 is 0. The molecule has 0 bridgehead atoms. The van der Waals surface area contributed by atoms with Gasteiger partial charge in [-0.1, -0.05) is 60.7 Å². The van der Waals surface area contributed by atoms with E-state index in [0.29, 0.717) is 12.3 Å². The number of rotatable bonds is 9. The van der Waals surface area contributed by atoms with E-state index in [4.69, 9.17) is 13.9 Å². The fourth-order valence-corrected chi connectivity index (χ4v) is 3.03. The molecule has 0 aliphatic heterocycles. The van der Waals surface area contributed by atoms with Crippen LogP contribution in [0.15, 0.2) is 65.1 Å². The number of hydrogen-bond acceptors (Lipinski definition) is 7. The number of carbonyl (C=O) groups excluding carboxylic acids is 2. The van der Waals surface area contributed by atoms with E-state index in [0.717, 1.165) is 11.1 Å². The lowest BCUT2D eigenvalue weighted by Gasteiger charge is -2.22. The van der Waals surface area contributed by atoms with Crippen molar-refractivity contribution >= 4 is 12.1 Å². The van der Waals surface area contributed by atoms with E-state index in [1.807, 2.05) is 60.7 Å². The molecule has 1 N–H and O–H groups in total. The van der Waals surface area contributed by atoms with E-state index in [1.165, 1.54) is 0 Å². The number of benzene rings is 2. The number of hydrogen-bond donors (Lipinski definition) is 1. The van der Waals surface area contributed by atoms with Gasteiger partial charge in [-0.25, -0.2) is 4.79 Å². The van der Waals surface area contributed by atoms with Gasteiger partial charge in [0, 0.05) is 6.42 Å². The lowest BCUT2D eigenvalue weighted by Crippen LogP contribution is -2.35. The third-order valence-electron chi connectivity index (χ3n) is 4.55. The molecule has 2 aromatic carbocycles. The molecule has 0 unspecified atom stereocenters. The lowest BCUT2D eigenvalue weighted by molar-refractivity contribution is -0.145. The molecule has 1 aromatic heterocycles. The maximum absolute atomic E-state index is 12.4. The molecule has 8 heteroatoms. The van der Waals surface area contributed by atoms with Crippen molar-refractivity contribution in [3.8, 4) is 0 Å². The molecule has 0 fully saturated rings. The van der Waals surface area contributed by atoms with Gasteiger partial charge >= 0.3 is 12.1 Å². The number of carbonyl (C=O) groups is 2. The Bertz CT molecular complexity index is 1030. The molecule has 33 heavy (non-hydrogen) atoms. The minimum Gasteiger partial charge on any atom is -0.461 e. The zero-order valence-electron chi connectivity index (χ0n) is 19.1. The number of alkyl carbamates (subject to hydrolysis) is 1. The summed E-state index contributed by atoms with van der Waals surface area (Å²) in [5.41, 5.74) is 1.25. The average Bonchev–Trinajstić information content (AvgIpc) is 3.23. The molecule has 1 atom stereocenters. The summed E-state index contributed by atoms with van der Waals surface area (Å²) in [7, 11) is 0. The van der Waals surface area contributed by atoms with Gasteiger partial charge in [0.1, 0.15) is 18.2 Å². The zero-order valence-corrected chi connectivity index (χ0v) is 19.1. The molecule has 0 radical (unpaired) electrons. The summed E-state index contributed by atoms with van der Waals surface area (Å²) in [5, 5.41) is 10.9. The Hall–Kier alpha value is -3.68. The molecule has 1 heterocycles. The lowest BCUT2D eigenvalue weighted by atomic mass is 10.1. The van der Waals surface area contributed by atoms with Crippen LogP contribution in [-0.4, -0.2) is 27.9 Å². The van der Waals surface area contributed by atoms with E-state index in [1.54, 1.807) is 20.8 Å². The highest BCUT2D eigenvalue weighted by Crippen LogP contribution is 2.20. The molecular weight excluding hydrogens is 422 g/mol. The van der Waals surface area contributed by atoms with Crippen LogP contribution < -0.4 is 5.32 Å². The normalized spacial score (nSPS) is 12.1. The van der Waals surface area contributed by atoms with Crippen molar-refractivity contribution in [3.05, 3.63) is 83.6 Å². The second-order valence-electron chi connectivity index (χ2n) is 8.58. The first kappa shape index (κ1) is 24.0. The molecule has 0 spiro atoms. The van der Waals surface area contributed by atoms with Crippen molar-refractivity contribution in [2.24, 2.45) is 0 Å². The quantitative estimate of drug-likeness (QED) is 0.468. The second kappa shape index (κ2) is 11.3. The molecule has 0 aliphatic carbocycles. The Morgan fingerprint density at radius 3 is 2.24 bits per heavy atom. The van der Waals surface area contributed by atoms with Gasteiger partial charge in [0.05, 0.1) is 6.42 Å². The first-order valence-electron chi connectivity index (χ1n) is 10.8. The number of aromatic nitrogens is 2. The number of amides is 1. The van der Waals surface area contributed by atoms with Gasteiger partial charge in [0.15, 0.2) is 0 Å². The fraction of sp³-hybridized carbons (Fsp3) is 0.360. The second-order valence-corrected chi connectivity index (χ2v) is 8.58. The van der Waals surface area contributed by atoms with Crippen molar-refractivity contribution in [1.29, 1.82) is 0 Å². The van der Waals surface area contributed by atoms with Gasteiger partial charge in [-0.15, -0.1) is 10.2 Å². The van der Waals surface area contributed by atoms with Crippen molar-refractivity contribution in [3.63, 3.8) is 0 Å². The van der Waals surface area contributed by atoms with E-state index in [2.05, 4.69) is 15.5 Å². The van der Waals surface area contributed by atoms with Gasteiger partial charge < -0.3 is 19.2 Å². The molecule has 1 amide bonds. The van der Waals surface area contributed by atoms with E-state index >= 15 is 0 Å². The number of esters is 1. The predicted octanol–water partition coefficient (Wildman–Crippen LogP) is 4.75. The Morgan fingerprint density at radius 1 is 0.970 bits per heavy atom. The molecule has 8 nitrogen and oxygen atoms in total. The van der Waals surface area contributed by atoms with Gasteiger partial charge in [-0.3, -0.25) is 4.79 Å². The maximum Gasteiger partial charge on any atom is 0.408 e. The van der Waals surface area contributed by atoms with Crippen LogP contribution in [0.3, 0.4) is 0 Å². The van der Waals surface area contributed by atoms with Crippen LogP contribution in [0, 0.1) is 0 Å². The van der Waals surface area contributed by atoms with Gasteiger partial charge in [0.25, 0.3) is 0 Å². The standard InChI is InChI=1S/C25H29N3O5/c1-25(2,3)33-24(30)26-20(14-15-22(29)31-17-19-12-8-5-9-13-19)23-28-27-21(32-23)16-18-10-6-4-7-11-18/h4-13,20H,14-17H2,1-3H3,(H,26,30)/t20-/m0/s1. The average molecular weight is 452 g/mol. The molecular formula is C25H29N3O5. The number of ether oxygens (including phenoxy) is 2. The van der Waals surface area contributed by atoms with Crippen molar-refractivity contribution in [2.45, 2.75) is 58.3 Å². The molecule has 3 aromatic rings. The van der Waals surface area contributed by atoms with E-state index in [-0.39, 0.29) is 31.3 Å². The summed E-state index contributed by atoms with van der Waals surface area (Å²) in [6.45, 7) is 5.50. The summed E-state index contributed by atoms with van der Waals surface area (Å²) in [6, 6.07) is 18.4. The van der Waals surface area contributed by atoms with E-state index in [9.17, 15) is 9.59 Å². The summed E-state index contributed by atoms with van der Waals surface area (Å²) in [4.78, 5) is 24.6. The fourth-order valence-electron chi connectivity index (χ4n) is 3.03. The van der Waals surface area contributed by atoms with Crippen molar-refractivity contribution in [2.75, 3.05) is 0 Å². The summed E-state index contributed by atoms with van der Waals surface area (Å²) in [5.74, 6) is 0.236. The first-order valence-corrected chi connectivity index (χ1v) is 10.8. The van der Waals surface area contributed by atoms with Crippen molar-refractivity contribution in [1.82, 2.24) is 15.5 Å². The minimum atomic E-state index is -0.693. The maximum atomic E-state index is 12.4. The zero-order chi connectivity index (χ0) is 23.7.